The number of carbonyl (C=O) groups is 1. The first-order valence-electron chi connectivity index (χ1n) is 6.11. The van der Waals surface area contributed by atoms with Gasteiger partial charge < -0.3 is 4.90 Å². The van der Waals surface area contributed by atoms with Gasteiger partial charge in [-0.05, 0) is 42.0 Å². The van der Waals surface area contributed by atoms with Crippen LogP contribution < -0.4 is 4.90 Å². The zero-order valence-corrected chi connectivity index (χ0v) is 11.1. The van der Waals surface area contributed by atoms with Crippen LogP contribution >= 0.6 is 0 Å². The summed E-state index contributed by atoms with van der Waals surface area (Å²) in [6, 6.07) is 13.5. The Bertz CT molecular complexity index is 558. The molecule has 0 aliphatic rings. The topological polar surface area (TPSA) is 20.3 Å². The highest BCUT2D eigenvalue weighted by Gasteiger charge is 2.07. The molecular weight excluding hydrogens is 241 g/mol. The number of ketones is 1. The number of rotatable bonds is 4. The molecule has 0 spiro atoms. The number of hydrogen-bond donors (Lipinski definition) is 0. The van der Waals surface area contributed by atoms with Gasteiger partial charge in [0.1, 0.15) is 5.82 Å². The molecule has 0 radical (unpaired) electrons. The molecule has 0 aromatic heterocycles. The van der Waals surface area contributed by atoms with Gasteiger partial charge in [-0.25, -0.2) is 4.39 Å². The molecule has 0 aliphatic carbocycles. The monoisotopic (exact) mass is 257 g/mol. The number of halogens is 1. The van der Waals surface area contributed by atoms with E-state index in [9.17, 15) is 9.18 Å². The van der Waals surface area contributed by atoms with Crippen LogP contribution in [0.25, 0.3) is 0 Å². The third-order valence-electron chi connectivity index (χ3n) is 2.98. The van der Waals surface area contributed by atoms with Gasteiger partial charge in [-0.15, -0.1) is 0 Å². The molecule has 0 N–H and O–H groups in total. The standard InChI is InChI=1S/C16H16FNO/c1-18(2)15-9-5-13(6-10-15)16(19)11-12-3-7-14(17)8-4-12/h3-10H,11H2,1-2H3. The minimum atomic E-state index is -0.286. The first-order chi connectivity index (χ1) is 9.06. The summed E-state index contributed by atoms with van der Waals surface area (Å²) in [6.45, 7) is 0. The molecule has 0 fully saturated rings. The van der Waals surface area contributed by atoms with Gasteiger partial charge in [0.15, 0.2) is 5.78 Å². The third-order valence-corrected chi connectivity index (χ3v) is 2.98. The van der Waals surface area contributed by atoms with Crippen molar-refractivity contribution in [2.24, 2.45) is 0 Å². The van der Waals surface area contributed by atoms with Crippen molar-refractivity contribution in [2.75, 3.05) is 19.0 Å². The Kier molecular flexibility index (Phi) is 3.95. The van der Waals surface area contributed by atoms with Crippen molar-refractivity contribution in [2.45, 2.75) is 6.42 Å². The smallest absolute Gasteiger partial charge is 0.167 e. The molecule has 0 bridgehead atoms. The van der Waals surface area contributed by atoms with Gasteiger partial charge in [-0.1, -0.05) is 12.1 Å². The molecule has 0 saturated heterocycles. The fraction of sp³-hybridized carbons (Fsp3) is 0.188. The number of carbonyl (C=O) groups excluding carboxylic acids is 1. The fourth-order valence-electron chi connectivity index (χ4n) is 1.84. The minimum Gasteiger partial charge on any atom is -0.378 e. The lowest BCUT2D eigenvalue weighted by atomic mass is 10.0. The summed E-state index contributed by atoms with van der Waals surface area (Å²) in [5.41, 5.74) is 2.55. The molecule has 0 heterocycles. The number of nitrogens with zero attached hydrogens (tertiary/aromatic N) is 1. The first kappa shape index (κ1) is 13.3. The lowest BCUT2D eigenvalue weighted by Crippen LogP contribution is -2.09. The van der Waals surface area contributed by atoms with Crippen LogP contribution in [0.4, 0.5) is 10.1 Å². The van der Waals surface area contributed by atoms with Gasteiger partial charge in [0.05, 0.1) is 0 Å². The summed E-state index contributed by atoms with van der Waals surface area (Å²) in [5, 5.41) is 0. The van der Waals surface area contributed by atoms with Crippen molar-refractivity contribution < 1.29 is 9.18 Å². The predicted molar refractivity (Wildman–Crippen MR) is 75.2 cm³/mol. The summed E-state index contributed by atoms with van der Waals surface area (Å²) in [7, 11) is 3.91. The van der Waals surface area contributed by atoms with Crippen LogP contribution in [0.1, 0.15) is 15.9 Å². The quantitative estimate of drug-likeness (QED) is 0.783. The highest BCUT2D eigenvalue weighted by Crippen LogP contribution is 2.14. The Morgan fingerprint density at radius 3 is 2.11 bits per heavy atom. The molecule has 3 heteroatoms. The average Bonchev–Trinajstić information content (AvgIpc) is 2.41. The summed E-state index contributed by atoms with van der Waals surface area (Å²) in [5.74, 6) is -0.247. The summed E-state index contributed by atoms with van der Waals surface area (Å²) in [6.07, 6.45) is 0.293. The third kappa shape index (κ3) is 3.41. The zero-order chi connectivity index (χ0) is 13.8. The molecule has 2 nitrogen and oxygen atoms in total. The van der Waals surface area contributed by atoms with E-state index in [0.717, 1.165) is 11.3 Å². The Hall–Kier alpha value is -2.16. The van der Waals surface area contributed by atoms with Gasteiger partial charge in [0, 0.05) is 31.8 Å². The molecule has 0 aliphatic heterocycles. The van der Waals surface area contributed by atoms with Crippen LogP contribution in [0.3, 0.4) is 0 Å². The maximum Gasteiger partial charge on any atom is 0.167 e. The van der Waals surface area contributed by atoms with Crippen molar-refractivity contribution in [3.63, 3.8) is 0 Å². The number of benzene rings is 2. The van der Waals surface area contributed by atoms with E-state index < -0.39 is 0 Å². The Morgan fingerprint density at radius 1 is 1.00 bits per heavy atom. The van der Waals surface area contributed by atoms with Crippen molar-refractivity contribution in [1.29, 1.82) is 0 Å². The Morgan fingerprint density at radius 2 is 1.58 bits per heavy atom. The van der Waals surface area contributed by atoms with Crippen LogP contribution in [-0.4, -0.2) is 19.9 Å². The van der Waals surface area contributed by atoms with Gasteiger partial charge in [-0.2, -0.15) is 0 Å². The van der Waals surface area contributed by atoms with E-state index in [0.29, 0.717) is 12.0 Å². The summed E-state index contributed by atoms with van der Waals surface area (Å²) in [4.78, 5) is 14.1. The normalized spacial score (nSPS) is 10.3. The van der Waals surface area contributed by atoms with Crippen LogP contribution in [0, 0.1) is 5.82 Å². The lowest BCUT2D eigenvalue weighted by molar-refractivity contribution is 0.0993. The zero-order valence-electron chi connectivity index (χ0n) is 11.1. The van der Waals surface area contributed by atoms with E-state index >= 15 is 0 Å². The molecule has 98 valence electrons. The molecule has 2 rings (SSSR count). The lowest BCUT2D eigenvalue weighted by Gasteiger charge is -2.12. The highest BCUT2D eigenvalue weighted by molar-refractivity contribution is 5.97. The van der Waals surface area contributed by atoms with Crippen molar-refractivity contribution in [3.8, 4) is 0 Å². The largest absolute Gasteiger partial charge is 0.378 e. The SMILES string of the molecule is CN(C)c1ccc(C(=O)Cc2ccc(F)cc2)cc1. The van der Waals surface area contributed by atoms with Gasteiger partial charge in [0.2, 0.25) is 0 Å². The van der Waals surface area contributed by atoms with E-state index in [-0.39, 0.29) is 11.6 Å². The van der Waals surface area contributed by atoms with Crippen LogP contribution in [0.2, 0.25) is 0 Å². The van der Waals surface area contributed by atoms with Crippen LogP contribution in [-0.2, 0) is 6.42 Å². The predicted octanol–water partition coefficient (Wildman–Crippen LogP) is 3.32. The van der Waals surface area contributed by atoms with Gasteiger partial charge in [0.25, 0.3) is 0 Å². The molecule has 0 unspecified atom stereocenters. The van der Waals surface area contributed by atoms with Crippen molar-refractivity contribution in [3.05, 3.63) is 65.5 Å². The molecular formula is C16H16FNO. The number of hydrogen-bond acceptors (Lipinski definition) is 2. The second-order valence-corrected chi connectivity index (χ2v) is 4.67. The van der Waals surface area contributed by atoms with E-state index in [1.807, 2.05) is 43.3 Å². The average molecular weight is 257 g/mol. The molecule has 0 saturated carbocycles. The fourth-order valence-corrected chi connectivity index (χ4v) is 1.84. The summed E-state index contributed by atoms with van der Waals surface area (Å²) >= 11 is 0. The molecule has 2 aromatic rings. The van der Waals surface area contributed by atoms with Gasteiger partial charge in [-0.3, -0.25) is 4.79 Å². The number of Topliss-reactive ketones (excluding diaryl/α,β-unsaturated/α-hetero) is 1. The minimum absolute atomic E-state index is 0.0388. The van der Waals surface area contributed by atoms with Crippen LogP contribution in [0.15, 0.2) is 48.5 Å². The second-order valence-electron chi connectivity index (χ2n) is 4.67. The number of anilines is 1. The van der Waals surface area contributed by atoms with Gasteiger partial charge >= 0.3 is 0 Å². The highest BCUT2D eigenvalue weighted by atomic mass is 19.1. The van der Waals surface area contributed by atoms with Crippen molar-refractivity contribution in [1.82, 2.24) is 0 Å². The molecule has 0 amide bonds. The molecule has 19 heavy (non-hydrogen) atoms. The Labute approximate surface area is 112 Å². The maximum atomic E-state index is 12.8. The summed E-state index contributed by atoms with van der Waals surface area (Å²) < 4.78 is 12.8. The van der Waals surface area contributed by atoms with Crippen molar-refractivity contribution >= 4 is 11.5 Å². The van der Waals surface area contributed by atoms with E-state index in [1.54, 1.807) is 12.1 Å². The van der Waals surface area contributed by atoms with E-state index in [2.05, 4.69) is 0 Å². The van der Waals surface area contributed by atoms with E-state index in [4.69, 9.17) is 0 Å². The van der Waals surface area contributed by atoms with E-state index in [1.165, 1.54) is 12.1 Å². The Balaban J connectivity index is 2.09. The first-order valence-corrected chi connectivity index (χ1v) is 6.11. The maximum absolute atomic E-state index is 12.8. The molecule has 0 atom stereocenters. The molecule has 2 aromatic carbocycles. The second kappa shape index (κ2) is 5.65. The van der Waals surface area contributed by atoms with Crippen LogP contribution in [0.5, 0.6) is 0 Å².